The summed E-state index contributed by atoms with van der Waals surface area (Å²) in [5.41, 5.74) is 6.89. The van der Waals surface area contributed by atoms with Gasteiger partial charge in [-0.2, -0.15) is 4.98 Å². The Hall–Kier alpha value is -1.75. The minimum Gasteiger partial charge on any atom is -0.338 e. The highest BCUT2D eigenvalue weighted by Crippen LogP contribution is 2.39. The number of hydrogen-bond donors (Lipinski definition) is 1. The third-order valence-corrected chi connectivity index (χ3v) is 3.88. The third kappa shape index (κ3) is 1.71. The Morgan fingerprint density at radius 3 is 2.83 bits per heavy atom. The Morgan fingerprint density at radius 2 is 2.17 bits per heavy atom. The van der Waals surface area contributed by atoms with Crippen LogP contribution < -0.4 is 5.73 Å². The van der Waals surface area contributed by atoms with Crippen molar-refractivity contribution < 1.29 is 4.52 Å². The van der Waals surface area contributed by atoms with E-state index >= 15 is 0 Å². The topological polar surface area (TPSA) is 77.8 Å². The largest absolute Gasteiger partial charge is 0.338 e. The maximum absolute atomic E-state index is 6.16. The SMILES string of the molecule is CC1(c2nc(-c3ccncc3)no2)CCCC1N. The van der Waals surface area contributed by atoms with E-state index in [1.165, 1.54) is 0 Å². The zero-order valence-electron chi connectivity index (χ0n) is 10.3. The molecule has 5 heteroatoms. The van der Waals surface area contributed by atoms with Gasteiger partial charge in [-0.3, -0.25) is 4.98 Å². The molecule has 18 heavy (non-hydrogen) atoms. The Morgan fingerprint density at radius 1 is 1.39 bits per heavy atom. The van der Waals surface area contributed by atoms with Crippen molar-refractivity contribution in [1.82, 2.24) is 15.1 Å². The average Bonchev–Trinajstić information content (AvgIpc) is 3.00. The van der Waals surface area contributed by atoms with E-state index in [0.717, 1.165) is 24.8 Å². The second kappa shape index (κ2) is 4.17. The minimum absolute atomic E-state index is 0.100. The van der Waals surface area contributed by atoms with E-state index < -0.39 is 0 Å². The quantitative estimate of drug-likeness (QED) is 0.873. The molecule has 2 N–H and O–H groups in total. The van der Waals surface area contributed by atoms with Crippen LogP contribution in [0.1, 0.15) is 32.1 Å². The first-order valence-corrected chi connectivity index (χ1v) is 6.20. The molecule has 0 saturated heterocycles. The van der Waals surface area contributed by atoms with E-state index in [1.807, 2.05) is 12.1 Å². The summed E-state index contributed by atoms with van der Waals surface area (Å²) in [7, 11) is 0. The molecule has 2 unspecified atom stereocenters. The molecule has 0 amide bonds. The number of hydrogen-bond acceptors (Lipinski definition) is 5. The van der Waals surface area contributed by atoms with Gasteiger partial charge in [-0.15, -0.1) is 0 Å². The lowest BCUT2D eigenvalue weighted by Crippen LogP contribution is -2.38. The number of rotatable bonds is 2. The minimum atomic E-state index is -0.182. The summed E-state index contributed by atoms with van der Waals surface area (Å²) in [6, 6.07) is 3.83. The average molecular weight is 244 g/mol. The van der Waals surface area contributed by atoms with Gasteiger partial charge in [-0.1, -0.05) is 11.6 Å². The molecule has 0 radical (unpaired) electrons. The van der Waals surface area contributed by atoms with Crippen LogP contribution in [0.5, 0.6) is 0 Å². The van der Waals surface area contributed by atoms with Crippen molar-refractivity contribution in [2.45, 2.75) is 37.6 Å². The van der Waals surface area contributed by atoms with E-state index in [-0.39, 0.29) is 11.5 Å². The summed E-state index contributed by atoms with van der Waals surface area (Å²) in [6.07, 6.45) is 6.57. The van der Waals surface area contributed by atoms with Gasteiger partial charge < -0.3 is 10.3 Å². The van der Waals surface area contributed by atoms with Crippen LogP contribution in [0.2, 0.25) is 0 Å². The van der Waals surface area contributed by atoms with Crippen LogP contribution >= 0.6 is 0 Å². The van der Waals surface area contributed by atoms with Crippen molar-refractivity contribution in [1.29, 1.82) is 0 Å². The second-order valence-corrected chi connectivity index (χ2v) is 5.08. The maximum Gasteiger partial charge on any atom is 0.234 e. The Labute approximate surface area is 105 Å². The van der Waals surface area contributed by atoms with Gasteiger partial charge in [0.25, 0.3) is 0 Å². The summed E-state index contributed by atoms with van der Waals surface area (Å²) in [4.78, 5) is 8.47. The van der Waals surface area contributed by atoms with Gasteiger partial charge in [0.15, 0.2) is 0 Å². The molecule has 5 nitrogen and oxygen atoms in total. The predicted octanol–water partition coefficient (Wildman–Crippen LogP) is 1.90. The van der Waals surface area contributed by atoms with Crippen molar-refractivity contribution in [3.63, 3.8) is 0 Å². The van der Waals surface area contributed by atoms with Gasteiger partial charge in [-0.25, -0.2) is 0 Å². The number of nitrogens with two attached hydrogens (primary N) is 1. The molecule has 2 atom stereocenters. The van der Waals surface area contributed by atoms with Crippen LogP contribution in [0.15, 0.2) is 29.0 Å². The Balaban J connectivity index is 1.95. The van der Waals surface area contributed by atoms with Crippen molar-refractivity contribution in [2.75, 3.05) is 0 Å². The van der Waals surface area contributed by atoms with Crippen LogP contribution in [0.3, 0.4) is 0 Å². The normalized spacial score (nSPS) is 27.6. The van der Waals surface area contributed by atoms with E-state index in [1.54, 1.807) is 12.4 Å². The zero-order valence-corrected chi connectivity index (χ0v) is 10.3. The Kier molecular flexibility index (Phi) is 2.63. The van der Waals surface area contributed by atoms with Gasteiger partial charge in [0.05, 0.1) is 5.41 Å². The number of aromatic nitrogens is 3. The van der Waals surface area contributed by atoms with Crippen LogP contribution in [0, 0.1) is 0 Å². The van der Waals surface area contributed by atoms with Gasteiger partial charge in [0.2, 0.25) is 11.7 Å². The standard InChI is InChI=1S/C13H16N4O/c1-13(6-2-3-10(13)14)12-16-11(17-18-12)9-4-7-15-8-5-9/h4-5,7-8,10H,2-3,6,14H2,1H3. The highest BCUT2D eigenvalue weighted by atomic mass is 16.5. The molecular formula is C13H16N4O. The number of pyridine rings is 1. The fourth-order valence-electron chi connectivity index (χ4n) is 2.53. The summed E-state index contributed by atoms with van der Waals surface area (Å²) in [5, 5.41) is 4.04. The van der Waals surface area contributed by atoms with Crippen molar-refractivity contribution >= 4 is 0 Å². The van der Waals surface area contributed by atoms with E-state index in [4.69, 9.17) is 10.3 Å². The van der Waals surface area contributed by atoms with E-state index in [2.05, 4.69) is 22.0 Å². The molecular weight excluding hydrogens is 228 g/mol. The predicted molar refractivity (Wildman–Crippen MR) is 66.7 cm³/mol. The molecule has 2 aromatic heterocycles. The maximum atomic E-state index is 6.16. The molecule has 2 heterocycles. The summed E-state index contributed by atoms with van der Waals surface area (Å²) in [5.74, 6) is 1.26. The lowest BCUT2D eigenvalue weighted by Gasteiger charge is -2.23. The van der Waals surface area contributed by atoms with Crippen LogP contribution in [0.4, 0.5) is 0 Å². The molecule has 0 bridgehead atoms. The molecule has 94 valence electrons. The Bertz CT molecular complexity index is 539. The molecule has 1 aliphatic rings. The first-order chi connectivity index (χ1) is 8.70. The highest BCUT2D eigenvalue weighted by molar-refractivity contribution is 5.52. The first kappa shape index (κ1) is 11.3. The molecule has 2 aromatic rings. The van der Waals surface area contributed by atoms with Gasteiger partial charge in [0, 0.05) is 24.0 Å². The second-order valence-electron chi connectivity index (χ2n) is 5.08. The molecule has 1 fully saturated rings. The highest BCUT2D eigenvalue weighted by Gasteiger charge is 2.42. The lowest BCUT2D eigenvalue weighted by atomic mass is 9.85. The van der Waals surface area contributed by atoms with E-state index in [0.29, 0.717) is 11.7 Å². The van der Waals surface area contributed by atoms with Crippen LogP contribution in [-0.4, -0.2) is 21.2 Å². The molecule has 1 aliphatic carbocycles. The van der Waals surface area contributed by atoms with Gasteiger partial charge in [0.1, 0.15) is 0 Å². The van der Waals surface area contributed by atoms with Gasteiger partial charge >= 0.3 is 0 Å². The third-order valence-electron chi connectivity index (χ3n) is 3.88. The fraction of sp³-hybridized carbons (Fsp3) is 0.462. The molecule has 0 spiro atoms. The molecule has 3 rings (SSSR count). The molecule has 1 saturated carbocycles. The lowest BCUT2D eigenvalue weighted by molar-refractivity contribution is 0.278. The summed E-state index contributed by atoms with van der Waals surface area (Å²) >= 11 is 0. The van der Waals surface area contributed by atoms with Gasteiger partial charge in [-0.05, 0) is 31.9 Å². The monoisotopic (exact) mass is 244 g/mol. The summed E-state index contributed by atoms with van der Waals surface area (Å²) < 4.78 is 5.41. The first-order valence-electron chi connectivity index (χ1n) is 6.20. The van der Waals surface area contributed by atoms with Crippen molar-refractivity contribution in [3.8, 4) is 11.4 Å². The zero-order chi connectivity index (χ0) is 12.6. The fourth-order valence-corrected chi connectivity index (χ4v) is 2.53. The van der Waals surface area contributed by atoms with E-state index in [9.17, 15) is 0 Å². The van der Waals surface area contributed by atoms with Crippen molar-refractivity contribution in [2.24, 2.45) is 5.73 Å². The van der Waals surface area contributed by atoms with Crippen LogP contribution in [-0.2, 0) is 5.41 Å². The summed E-state index contributed by atoms with van der Waals surface area (Å²) in [6.45, 7) is 2.11. The van der Waals surface area contributed by atoms with Crippen molar-refractivity contribution in [3.05, 3.63) is 30.4 Å². The number of nitrogens with zero attached hydrogens (tertiary/aromatic N) is 3. The molecule has 0 aliphatic heterocycles. The smallest absolute Gasteiger partial charge is 0.234 e. The molecule has 0 aromatic carbocycles. The van der Waals surface area contributed by atoms with Crippen LogP contribution in [0.25, 0.3) is 11.4 Å².